The molecule has 4 saturated heterocycles. The third-order valence-electron chi connectivity index (χ3n) is 12.0. The quantitative estimate of drug-likeness (QED) is 0.0119. The van der Waals surface area contributed by atoms with Crippen LogP contribution in [0.25, 0.3) is 0 Å². The second-order valence-corrected chi connectivity index (χ2v) is 21.6. The van der Waals surface area contributed by atoms with Gasteiger partial charge in [-0.3, -0.25) is 24.4 Å². The van der Waals surface area contributed by atoms with Gasteiger partial charge in [-0.15, -0.1) is 0 Å². The molecule has 4 amide bonds. The van der Waals surface area contributed by atoms with Gasteiger partial charge in [0.15, 0.2) is 5.78 Å². The van der Waals surface area contributed by atoms with Crippen LogP contribution >= 0.6 is 19.4 Å². The third-order valence-corrected chi connectivity index (χ3v) is 16.1. The van der Waals surface area contributed by atoms with E-state index in [0.29, 0.717) is 54.9 Å². The summed E-state index contributed by atoms with van der Waals surface area (Å²) < 4.78 is 46.6. The lowest BCUT2D eigenvalue weighted by molar-refractivity contribution is -0.121. The fourth-order valence-electron chi connectivity index (χ4n) is 8.21. The van der Waals surface area contributed by atoms with Crippen LogP contribution in [0.15, 0.2) is 47.7 Å². The molecule has 7 rings (SSSR count). The van der Waals surface area contributed by atoms with Gasteiger partial charge in [0.25, 0.3) is 5.91 Å². The number of unbranched alkanes of at least 4 members (excludes halogenated alkanes) is 1. The van der Waals surface area contributed by atoms with Gasteiger partial charge in [-0.25, -0.2) is 19.1 Å². The molecule has 2 aromatic heterocycles. The Hall–Kier alpha value is -5.40. The van der Waals surface area contributed by atoms with Gasteiger partial charge in [-0.2, -0.15) is 31.8 Å². The number of ketones is 1. The van der Waals surface area contributed by atoms with Gasteiger partial charge in [-0.1, -0.05) is 18.6 Å². The number of carbonyl (C=O) groups is 4. The first-order valence-electron chi connectivity index (χ1n) is 24.2. The molecule has 7 unspecified atom stereocenters. The fraction of sp³-hybridized carbons (Fsp3) is 0.578. The minimum atomic E-state index is -3.49. The van der Waals surface area contributed by atoms with Gasteiger partial charge < -0.3 is 55.0 Å². The van der Waals surface area contributed by atoms with Crippen LogP contribution in [0.2, 0.25) is 0 Å². The van der Waals surface area contributed by atoms with Crippen LogP contribution in [0.4, 0.5) is 22.5 Å². The number of rotatable bonds is 27. The summed E-state index contributed by atoms with van der Waals surface area (Å²) in [6, 6.07) is 9.06. The molecule has 24 nitrogen and oxygen atoms in total. The van der Waals surface area contributed by atoms with Crippen LogP contribution in [-0.4, -0.2) is 209 Å². The van der Waals surface area contributed by atoms with Crippen molar-refractivity contribution in [2.45, 2.75) is 68.1 Å². The van der Waals surface area contributed by atoms with E-state index >= 15 is 0 Å². The number of thioether (sulfide) groups is 1. The molecule has 73 heavy (non-hydrogen) atoms. The number of hydrogen-bond acceptors (Lipinski definition) is 19. The number of ether oxygens (including phenoxy) is 4. The summed E-state index contributed by atoms with van der Waals surface area (Å²) in [6.45, 7) is 4.08. The lowest BCUT2D eigenvalue weighted by Crippen LogP contribution is -2.50. The molecule has 0 spiro atoms. The fourth-order valence-corrected chi connectivity index (χ4v) is 11.7. The molecule has 6 heterocycles. The lowest BCUT2D eigenvalue weighted by Gasteiger charge is -2.41. The number of nitrogens with one attached hydrogen (secondary N) is 6. The molecule has 4 aliphatic rings. The largest absolute Gasteiger partial charge is 0.461 e. The maximum atomic E-state index is 14.1. The van der Waals surface area contributed by atoms with E-state index in [1.165, 1.54) is 13.1 Å². The minimum absolute atomic E-state index is 0.00558. The van der Waals surface area contributed by atoms with Crippen LogP contribution in [0.1, 0.15) is 58.9 Å². The molecular weight excluding hydrogens is 981 g/mol. The summed E-state index contributed by atoms with van der Waals surface area (Å²) in [7, 11) is 12.3. The van der Waals surface area contributed by atoms with Crippen molar-refractivity contribution in [3.8, 4) is 6.01 Å². The topological polar surface area (TPSA) is 277 Å². The number of anilines is 3. The second kappa shape index (κ2) is 27.2. The number of Topliss-reactive ketones (excluding diaryl/α,β-unsaturated/α-hetero) is 1. The van der Waals surface area contributed by atoms with Crippen molar-refractivity contribution in [1.82, 2.24) is 50.5 Å². The first kappa shape index (κ1) is 55.4. The van der Waals surface area contributed by atoms with E-state index in [1.54, 1.807) is 66.0 Å². The van der Waals surface area contributed by atoms with Gasteiger partial charge in [0.1, 0.15) is 28.1 Å². The predicted octanol–water partition coefficient (Wildman–Crippen LogP) is 1.21. The van der Waals surface area contributed by atoms with Crippen LogP contribution in [0.5, 0.6) is 6.01 Å². The number of urea groups is 1. The number of benzene rings is 1. The standard InChI is InChI=1S/C45H63B2N14O10PS/c1-29(62)32-12-13-38(51-23-32)58-52-22-30-8-10-31(11-9-30)41(64)49-16-18-67-20-21-69-45-56-42(50-15-14-48-39(63)7-5-4-6-35-40-34(28-73-35)53-44(65)54-40)55-43(57-45)60-24-33(71-37(47)25-60)27-70-72(66,59(2)3)61-17-19-68-36(46)26-61/h8-13,22-23,33-37,40H,4-7,14-21,24-28H2,1-3H3,(H,48,63)(H,49,64)(H,51,58)(H2,53,54,65)(H,50,55,56,57)/b52-22+. The maximum absolute atomic E-state index is 14.1. The number of fused-ring (bicyclic) bond motifs is 1. The van der Waals surface area contributed by atoms with E-state index in [0.717, 1.165) is 30.6 Å². The molecule has 1 aromatic carbocycles. The van der Waals surface area contributed by atoms with Crippen molar-refractivity contribution >= 4 is 82.7 Å². The van der Waals surface area contributed by atoms with E-state index in [1.807, 2.05) is 16.7 Å². The highest BCUT2D eigenvalue weighted by Crippen LogP contribution is 2.53. The normalized spacial score (nSPS) is 22.8. The van der Waals surface area contributed by atoms with Crippen LogP contribution in [0, 0.1) is 0 Å². The average molecular weight is 1040 g/mol. The number of morpholine rings is 2. The third kappa shape index (κ3) is 16.5. The summed E-state index contributed by atoms with van der Waals surface area (Å²) in [6.07, 6.45) is 5.37. The Morgan fingerprint density at radius 1 is 0.973 bits per heavy atom. The van der Waals surface area contributed by atoms with Crippen molar-refractivity contribution in [2.75, 3.05) is 114 Å². The highest BCUT2D eigenvalue weighted by molar-refractivity contribution is 8.00. The van der Waals surface area contributed by atoms with E-state index < -0.39 is 25.8 Å². The Labute approximate surface area is 431 Å². The zero-order valence-electron chi connectivity index (χ0n) is 41.3. The number of aromatic nitrogens is 4. The number of hydrazone groups is 1. The lowest BCUT2D eigenvalue weighted by atomic mass is 9.97. The molecule has 7 atom stereocenters. The van der Waals surface area contributed by atoms with E-state index in [-0.39, 0.29) is 106 Å². The van der Waals surface area contributed by atoms with Crippen molar-refractivity contribution < 1.29 is 47.2 Å². The SMILES string of the molecule is [B]C1CN(P(=O)(OCC2CN(c3nc(NCCNC(=O)CCCCC4SCC5NC(=O)NC54)nc(OCCOCCNC(=O)c4ccc(/C=N/Nc5ccc(C(C)=O)cn5)cc4)n3)CC([B])O2)N(C)C)CCO1. The molecule has 3 aromatic rings. The molecular formula is C45H63B2N14O10PS. The number of carbonyl (C=O) groups excluding carboxylic acids is 4. The Balaban J connectivity index is 0.873. The zero-order chi connectivity index (χ0) is 51.7. The smallest absolute Gasteiger partial charge is 0.345 e. The Morgan fingerprint density at radius 3 is 2.56 bits per heavy atom. The maximum Gasteiger partial charge on any atom is 0.345 e. The Morgan fingerprint density at radius 2 is 1.79 bits per heavy atom. The molecule has 0 saturated carbocycles. The highest BCUT2D eigenvalue weighted by atomic mass is 32.2. The van der Waals surface area contributed by atoms with E-state index in [9.17, 15) is 23.7 Å². The molecule has 4 aliphatic heterocycles. The van der Waals surface area contributed by atoms with E-state index in [2.05, 4.69) is 57.0 Å². The van der Waals surface area contributed by atoms with Gasteiger partial charge in [-0.05, 0) is 63.7 Å². The Kier molecular flexibility index (Phi) is 20.6. The minimum Gasteiger partial charge on any atom is -0.461 e. The Bertz CT molecular complexity index is 2400. The molecule has 390 valence electrons. The summed E-state index contributed by atoms with van der Waals surface area (Å²) in [4.78, 5) is 68.4. The van der Waals surface area contributed by atoms with Gasteiger partial charge in [0.2, 0.25) is 17.8 Å². The summed E-state index contributed by atoms with van der Waals surface area (Å²) in [5, 5.41) is 19.4. The van der Waals surface area contributed by atoms with Crippen molar-refractivity contribution in [3.05, 3.63) is 59.3 Å². The summed E-state index contributed by atoms with van der Waals surface area (Å²) in [5.74, 6) is 1.40. The molecule has 4 fully saturated rings. The number of pyridine rings is 1. The summed E-state index contributed by atoms with van der Waals surface area (Å²) in [5.41, 5.74) is 4.53. The molecule has 28 heteroatoms. The molecule has 4 radical (unpaired) electrons. The van der Waals surface area contributed by atoms with Gasteiger partial charge >= 0.3 is 19.7 Å². The first-order chi connectivity index (χ1) is 35.2. The van der Waals surface area contributed by atoms with Crippen LogP contribution < -0.4 is 41.6 Å². The van der Waals surface area contributed by atoms with Gasteiger partial charge in [0.05, 0.1) is 50.8 Å². The average Bonchev–Trinajstić information content (AvgIpc) is 3.94. The van der Waals surface area contributed by atoms with Crippen molar-refractivity contribution in [1.29, 1.82) is 0 Å². The van der Waals surface area contributed by atoms with Crippen LogP contribution in [-0.2, 0) is 28.1 Å². The monoisotopic (exact) mass is 1040 g/mol. The van der Waals surface area contributed by atoms with Crippen LogP contribution in [0.3, 0.4) is 0 Å². The number of nitrogens with zero attached hydrogens (tertiary/aromatic N) is 8. The summed E-state index contributed by atoms with van der Waals surface area (Å²) >= 11 is 1.86. The molecule has 0 aliphatic carbocycles. The zero-order valence-corrected chi connectivity index (χ0v) is 43.0. The number of amides is 4. The van der Waals surface area contributed by atoms with Gasteiger partial charge in [0, 0.05) is 92.6 Å². The highest BCUT2D eigenvalue weighted by Gasteiger charge is 2.43. The molecule has 0 bridgehead atoms. The molecule has 6 N–H and O–H groups in total. The van der Waals surface area contributed by atoms with Crippen molar-refractivity contribution in [3.63, 3.8) is 0 Å². The van der Waals surface area contributed by atoms with E-state index in [4.69, 9.17) is 39.2 Å². The first-order valence-corrected chi connectivity index (χ1v) is 26.8. The van der Waals surface area contributed by atoms with Crippen molar-refractivity contribution in [2.24, 2.45) is 5.10 Å². The predicted molar refractivity (Wildman–Crippen MR) is 277 cm³/mol. The second-order valence-electron chi connectivity index (χ2n) is 17.7. The number of hydrogen-bond donors (Lipinski definition) is 6.